The molecule has 2 N–H and O–H groups in total. The Morgan fingerprint density at radius 2 is 1.74 bits per heavy atom. The van der Waals surface area contributed by atoms with Gasteiger partial charge in [-0.2, -0.15) is 0 Å². The van der Waals surface area contributed by atoms with E-state index in [1.54, 1.807) is 18.7 Å². The van der Waals surface area contributed by atoms with Crippen LogP contribution in [-0.4, -0.2) is 68.2 Å². The molecule has 0 bridgehead atoms. The number of hydrogen-bond donors (Lipinski definition) is 2. The lowest BCUT2D eigenvalue weighted by Crippen LogP contribution is -2.54. The van der Waals surface area contributed by atoms with E-state index in [0.29, 0.717) is 24.5 Å². The molecule has 3 heterocycles. The third-order valence-electron chi connectivity index (χ3n) is 8.82. The van der Waals surface area contributed by atoms with Crippen LogP contribution in [0, 0.1) is 0 Å². The van der Waals surface area contributed by atoms with Crippen molar-refractivity contribution in [2.24, 2.45) is 0 Å². The molecule has 1 aliphatic heterocycles. The molecular weight excluding hydrogens is 542 g/mol. The number of carbonyl (C=O) groups excluding carboxylic acids is 1. The molecule has 2 amide bonds. The van der Waals surface area contributed by atoms with E-state index in [0.717, 1.165) is 56.3 Å². The highest BCUT2D eigenvalue weighted by Gasteiger charge is 2.37. The van der Waals surface area contributed by atoms with Crippen molar-refractivity contribution in [1.29, 1.82) is 0 Å². The average Bonchev–Trinajstić information content (AvgIpc) is 3.66. The first-order chi connectivity index (χ1) is 21.1. The molecule has 9 heteroatoms. The molecule has 43 heavy (non-hydrogen) atoms. The number of piperazine rings is 1. The molecule has 3 atom stereocenters. The van der Waals surface area contributed by atoms with Crippen LogP contribution in [0.5, 0.6) is 0 Å². The zero-order chi connectivity index (χ0) is 29.6. The van der Waals surface area contributed by atoms with E-state index in [1.165, 1.54) is 10.5 Å². The maximum absolute atomic E-state index is 14.4. The van der Waals surface area contributed by atoms with Gasteiger partial charge < -0.3 is 24.3 Å². The third kappa shape index (κ3) is 6.37. The number of aromatic nitrogens is 2. The first kappa shape index (κ1) is 28.7. The van der Waals surface area contributed by atoms with Crippen molar-refractivity contribution in [2.75, 3.05) is 19.6 Å². The van der Waals surface area contributed by atoms with E-state index in [4.69, 9.17) is 9.40 Å². The van der Waals surface area contributed by atoms with Crippen LogP contribution in [0.25, 0.3) is 11.3 Å². The van der Waals surface area contributed by atoms with Crippen LogP contribution >= 0.6 is 0 Å². The van der Waals surface area contributed by atoms with Crippen LogP contribution in [0.3, 0.4) is 0 Å². The highest BCUT2D eigenvalue weighted by molar-refractivity contribution is 5.98. The van der Waals surface area contributed by atoms with Gasteiger partial charge in [0, 0.05) is 31.2 Å². The Kier molecular flexibility index (Phi) is 8.88. The van der Waals surface area contributed by atoms with Crippen molar-refractivity contribution in [1.82, 2.24) is 24.7 Å². The molecule has 4 aromatic rings. The predicted octanol–water partition coefficient (Wildman–Crippen LogP) is 5.85. The molecule has 2 fully saturated rings. The van der Waals surface area contributed by atoms with Gasteiger partial charge in [0.2, 0.25) is 0 Å². The standard InChI is InChI=1S/C34H39N5O4/c40-33(37-19-18-35-22-27(37)21-25-11-4-1-5-12-25)31-32(26-13-6-2-7-14-26)39(24-36-31)30-17-9-3-8-16-29(30)38(34(41)42)23-28-15-10-20-43-28/h1-2,4-7,10-15,20,24,27,29-30,35H,3,8-9,16-19,21-23H2,(H,41,42)/t27-,29?,30?/m1/s1. The molecule has 2 aromatic heterocycles. The second kappa shape index (κ2) is 13.3. The Morgan fingerprint density at radius 1 is 0.977 bits per heavy atom. The summed E-state index contributed by atoms with van der Waals surface area (Å²) in [6.07, 6.45) is 7.58. The summed E-state index contributed by atoms with van der Waals surface area (Å²) >= 11 is 0. The maximum atomic E-state index is 14.4. The molecule has 2 unspecified atom stereocenters. The number of nitrogens with one attached hydrogen (secondary N) is 1. The Morgan fingerprint density at radius 3 is 2.49 bits per heavy atom. The Balaban J connectivity index is 1.38. The third-order valence-corrected chi connectivity index (χ3v) is 8.82. The molecule has 224 valence electrons. The lowest BCUT2D eigenvalue weighted by atomic mass is 9.98. The lowest BCUT2D eigenvalue weighted by Gasteiger charge is -2.37. The molecule has 2 aromatic carbocycles. The summed E-state index contributed by atoms with van der Waals surface area (Å²) in [5.41, 5.74) is 3.26. The number of benzene rings is 2. The molecule has 1 aliphatic carbocycles. The second-order valence-corrected chi connectivity index (χ2v) is 11.5. The van der Waals surface area contributed by atoms with Crippen molar-refractivity contribution >= 4 is 12.0 Å². The number of hydrogen-bond acceptors (Lipinski definition) is 5. The fourth-order valence-electron chi connectivity index (χ4n) is 6.74. The van der Waals surface area contributed by atoms with Gasteiger partial charge >= 0.3 is 6.09 Å². The quantitative estimate of drug-likeness (QED) is 0.253. The van der Waals surface area contributed by atoms with Crippen LogP contribution in [0.1, 0.15) is 60.0 Å². The van der Waals surface area contributed by atoms with Crippen LogP contribution < -0.4 is 5.32 Å². The van der Waals surface area contributed by atoms with Crippen LogP contribution in [0.2, 0.25) is 0 Å². The van der Waals surface area contributed by atoms with Gasteiger partial charge in [-0.05, 0) is 37.0 Å². The SMILES string of the molecule is O=C(O)N(Cc1ccco1)C1CCCCCC1n1cnc(C(=O)N2CCNC[C@H]2Cc2ccccc2)c1-c1ccccc1. The fraction of sp³-hybridized carbons (Fsp3) is 0.382. The van der Waals surface area contributed by atoms with Crippen molar-refractivity contribution in [3.05, 3.63) is 102 Å². The number of carboxylic acid groups (broad SMARTS) is 1. The van der Waals surface area contributed by atoms with Gasteiger partial charge in [0.1, 0.15) is 5.76 Å². The van der Waals surface area contributed by atoms with Crippen LogP contribution in [-0.2, 0) is 13.0 Å². The molecular formula is C34H39N5O4. The van der Waals surface area contributed by atoms with Crippen molar-refractivity contribution in [3.8, 4) is 11.3 Å². The largest absolute Gasteiger partial charge is 0.467 e. The smallest absolute Gasteiger partial charge is 0.408 e. The first-order valence-electron chi connectivity index (χ1n) is 15.3. The van der Waals surface area contributed by atoms with E-state index in [1.807, 2.05) is 59.5 Å². The minimum atomic E-state index is -0.976. The summed E-state index contributed by atoms with van der Waals surface area (Å²) in [4.78, 5) is 35.3. The number of carbonyl (C=O) groups is 2. The predicted molar refractivity (Wildman–Crippen MR) is 164 cm³/mol. The molecule has 0 radical (unpaired) electrons. The van der Waals surface area contributed by atoms with Crippen molar-refractivity contribution < 1.29 is 19.1 Å². The van der Waals surface area contributed by atoms with Crippen LogP contribution in [0.15, 0.2) is 89.8 Å². The van der Waals surface area contributed by atoms with Gasteiger partial charge in [-0.25, -0.2) is 9.78 Å². The number of furan rings is 1. The summed E-state index contributed by atoms with van der Waals surface area (Å²) in [6.45, 7) is 2.21. The van der Waals surface area contributed by atoms with E-state index < -0.39 is 6.09 Å². The lowest BCUT2D eigenvalue weighted by molar-refractivity contribution is 0.0630. The molecule has 6 rings (SSSR count). The summed E-state index contributed by atoms with van der Waals surface area (Å²) in [7, 11) is 0. The van der Waals surface area contributed by atoms with Crippen molar-refractivity contribution in [2.45, 2.75) is 63.2 Å². The van der Waals surface area contributed by atoms with E-state index >= 15 is 0 Å². The summed E-state index contributed by atoms with van der Waals surface area (Å²) < 4.78 is 7.63. The van der Waals surface area contributed by atoms with Gasteiger partial charge in [-0.3, -0.25) is 9.69 Å². The number of amides is 2. The number of nitrogens with zero attached hydrogens (tertiary/aromatic N) is 4. The number of rotatable bonds is 8. The molecule has 1 saturated heterocycles. The molecule has 2 aliphatic rings. The Labute approximate surface area is 252 Å². The summed E-state index contributed by atoms with van der Waals surface area (Å²) in [5.74, 6) is 0.522. The fourth-order valence-corrected chi connectivity index (χ4v) is 6.74. The molecule has 0 spiro atoms. The van der Waals surface area contributed by atoms with E-state index in [-0.39, 0.29) is 30.6 Å². The van der Waals surface area contributed by atoms with Gasteiger partial charge in [0.15, 0.2) is 5.69 Å². The maximum Gasteiger partial charge on any atom is 0.408 e. The molecule has 9 nitrogen and oxygen atoms in total. The highest BCUT2D eigenvalue weighted by Crippen LogP contribution is 2.37. The minimum Gasteiger partial charge on any atom is -0.467 e. The molecule has 1 saturated carbocycles. The van der Waals surface area contributed by atoms with Gasteiger partial charge in [-0.1, -0.05) is 79.9 Å². The monoisotopic (exact) mass is 581 g/mol. The number of imidazole rings is 1. The minimum absolute atomic E-state index is 0.00106. The topological polar surface area (TPSA) is 104 Å². The Bertz CT molecular complexity index is 1490. The zero-order valence-corrected chi connectivity index (χ0v) is 24.3. The normalized spacial score (nSPS) is 20.8. The van der Waals surface area contributed by atoms with Gasteiger partial charge in [0.05, 0.1) is 36.9 Å². The van der Waals surface area contributed by atoms with Crippen molar-refractivity contribution in [3.63, 3.8) is 0 Å². The van der Waals surface area contributed by atoms with Crippen LogP contribution in [0.4, 0.5) is 4.79 Å². The average molecular weight is 582 g/mol. The second-order valence-electron chi connectivity index (χ2n) is 11.5. The van der Waals surface area contributed by atoms with E-state index in [2.05, 4.69) is 22.0 Å². The van der Waals surface area contributed by atoms with Gasteiger partial charge in [0.25, 0.3) is 5.91 Å². The zero-order valence-electron chi connectivity index (χ0n) is 24.3. The highest BCUT2D eigenvalue weighted by atomic mass is 16.4. The first-order valence-corrected chi connectivity index (χ1v) is 15.3. The van der Waals surface area contributed by atoms with Gasteiger partial charge in [-0.15, -0.1) is 0 Å². The Hall–Kier alpha value is -4.37. The van der Waals surface area contributed by atoms with E-state index in [9.17, 15) is 14.7 Å². The summed E-state index contributed by atoms with van der Waals surface area (Å²) in [6, 6.07) is 23.3. The summed E-state index contributed by atoms with van der Waals surface area (Å²) in [5, 5.41) is 13.8.